The Hall–Kier alpha value is -8.70. The van der Waals surface area contributed by atoms with Gasteiger partial charge in [-0.2, -0.15) is 0 Å². The number of pyridine rings is 3. The van der Waals surface area contributed by atoms with E-state index in [1.807, 2.05) is 101 Å². The molecule has 400 valence electrons. The zero-order valence-corrected chi connectivity index (χ0v) is 48.6. The summed E-state index contributed by atoms with van der Waals surface area (Å²) >= 11 is 13.2. The van der Waals surface area contributed by atoms with Gasteiger partial charge in [0.2, 0.25) is 0 Å². The second kappa shape index (κ2) is 23.4. The van der Waals surface area contributed by atoms with E-state index in [2.05, 4.69) is 183 Å². The number of aromatic nitrogens is 6. The van der Waals surface area contributed by atoms with Gasteiger partial charge in [0.15, 0.2) is 0 Å². The lowest BCUT2D eigenvalue weighted by Gasteiger charge is -2.08. The smallest absolute Gasteiger partial charge is 0.146 e. The normalized spacial score (nSPS) is 11.1. The molecule has 0 amide bonds. The molecule has 0 atom stereocenters. The molecule has 0 unspecified atom stereocenters. The summed E-state index contributed by atoms with van der Waals surface area (Å²) in [5.41, 5.74) is 20.5. The molecule has 17 rings (SSSR count). The van der Waals surface area contributed by atoms with Gasteiger partial charge < -0.3 is 21.2 Å². The van der Waals surface area contributed by atoms with Gasteiger partial charge in [-0.05, 0) is 138 Å². The van der Waals surface area contributed by atoms with Crippen LogP contribution < -0.4 is 16.2 Å². The molecule has 82 heavy (non-hydrogen) atoms. The maximum atomic E-state index is 5.59. The maximum absolute atomic E-state index is 5.59. The van der Waals surface area contributed by atoms with Crippen molar-refractivity contribution >= 4 is 190 Å². The number of hydrogen-bond acceptors (Lipinski definition) is 10. The summed E-state index contributed by atoms with van der Waals surface area (Å²) in [6, 6.07) is 74.7. The Bertz CT molecular complexity index is 5050. The van der Waals surface area contributed by atoms with Gasteiger partial charge in [0, 0.05) is 89.2 Å². The van der Waals surface area contributed by atoms with Gasteiger partial charge >= 0.3 is 0 Å². The quantitative estimate of drug-likeness (QED) is 0.0679. The Morgan fingerprint density at radius 2 is 1.01 bits per heavy atom. The predicted octanol–water partition coefficient (Wildman–Crippen LogP) is 20.0. The first-order valence-corrected chi connectivity index (χ1v) is 29.7. The van der Waals surface area contributed by atoms with Crippen molar-refractivity contribution in [1.82, 2.24) is 29.3 Å². The van der Waals surface area contributed by atoms with E-state index in [0.717, 1.165) is 70.2 Å². The van der Waals surface area contributed by atoms with Gasteiger partial charge in [-0.1, -0.05) is 122 Å². The summed E-state index contributed by atoms with van der Waals surface area (Å²) < 4.78 is 16.3. The van der Waals surface area contributed by atoms with Crippen LogP contribution in [0.1, 0.15) is 7.43 Å². The van der Waals surface area contributed by atoms with Crippen molar-refractivity contribution in [2.24, 2.45) is 0 Å². The molecular formula is C68H50ClIN8OS3. The Morgan fingerprint density at radius 1 is 0.476 bits per heavy atom. The highest BCUT2D eigenvalue weighted by atomic mass is 127. The van der Waals surface area contributed by atoms with Gasteiger partial charge in [-0.3, -0.25) is 9.38 Å². The molecule has 9 nitrogen and oxygen atoms in total. The Balaban J connectivity index is 0.000000110. The number of thiophene rings is 3. The van der Waals surface area contributed by atoms with Crippen LogP contribution in [0.4, 0.5) is 11.4 Å². The Kier molecular flexibility index (Phi) is 15.4. The van der Waals surface area contributed by atoms with Crippen LogP contribution in [0.5, 0.6) is 5.75 Å². The van der Waals surface area contributed by atoms with Gasteiger partial charge in [0.05, 0.1) is 55.2 Å². The third kappa shape index (κ3) is 10.5. The van der Waals surface area contributed by atoms with Crippen molar-refractivity contribution in [2.75, 3.05) is 18.6 Å². The second-order valence-corrected chi connectivity index (χ2v) is 23.7. The maximum Gasteiger partial charge on any atom is 0.146 e. The van der Waals surface area contributed by atoms with Crippen molar-refractivity contribution in [1.29, 1.82) is 0 Å². The van der Waals surface area contributed by atoms with Crippen LogP contribution in [-0.2, 0) is 0 Å². The average molecular weight is 1250 g/mol. The zero-order valence-electron chi connectivity index (χ0n) is 43.2. The third-order valence-corrected chi connectivity index (χ3v) is 18.8. The summed E-state index contributed by atoms with van der Waals surface area (Å²) in [5, 5.41) is 10.8. The van der Waals surface area contributed by atoms with Crippen molar-refractivity contribution in [3.63, 3.8) is 0 Å². The highest BCUT2D eigenvalue weighted by Gasteiger charge is 2.17. The number of aromatic amines is 1. The van der Waals surface area contributed by atoms with E-state index in [9.17, 15) is 0 Å². The number of ether oxygens (including phenoxy) is 1. The van der Waals surface area contributed by atoms with Gasteiger partial charge in [0.25, 0.3) is 0 Å². The van der Waals surface area contributed by atoms with Crippen LogP contribution in [0.3, 0.4) is 0 Å². The molecule has 0 aliphatic carbocycles. The molecule has 0 radical (unpaired) electrons. The van der Waals surface area contributed by atoms with Crippen molar-refractivity contribution in [2.45, 2.75) is 7.43 Å². The molecular weight excluding hydrogens is 1200 g/mol. The number of halogens is 2. The summed E-state index contributed by atoms with van der Waals surface area (Å²) in [7, 11) is 1.70. The highest BCUT2D eigenvalue weighted by molar-refractivity contribution is 14.1. The molecule has 5 N–H and O–H groups in total. The number of H-pyrrole nitrogens is 1. The molecule has 8 heterocycles. The minimum Gasteiger partial charge on any atom is -0.497 e. The topological polar surface area (TPSA) is 133 Å². The molecule has 0 saturated carbocycles. The Morgan fingerprint density at radius 3 is 1.65 bits per heavy atom. The molecule has 0 spiro atoms. The fourth-order valence-corrected chi connectivity index (χ4v) is 13.9. The lowest BCUT2D eigenvalue weighted by atomic mass is 10.1. The SMILES string of the molecule is C.COc1ccc2c(c1)sc1ccccc12.Clc1ncccc1I.Nc1ccccc1N.c1ccc2[nH]c(-c3ccc4c(c3)sc3ccccc34)nc2c1.c1ccc2c(c1)nc1c3cc4sc5ccccc5c4cc3c3ncccc3n21. The van der Waals surface area contributed by atoms with Crippen LogP contribution >= 0.6 is 68.2 Å². The number of hydrogen-bond donors (Lipinski definition) is 3. The molecule has 9 aromatic carbocycles. The number of methoxy groups -OCH3 is 1. The first kappa shape index (κ1) is 53.9. The van der Waals surface area contributed by atoms with Crippen molar-refractivity contribution in [3.05, 3.63) is 240 Å². The standard InChI is InChI=1S/C24H13N3S.C19H12N2S.C13H10OS.C6H8N2.C5H3ClIN.CH4/c1-4-10-21-14(6-1)15-12-16-17(13-22(15)28-21)24-26-18-7-2-3-8-19(18)27(24)20-9-5-11-25-23(16)20;1-4-8-17-13(5-1)14-10-9-12(11-18(14)22-17)19-20-15-6-2-3-7-16(15)21-19;1-14-9-6-7-11-10-4-2-3-5-12(10)15-13(11)8-9;7-5-3-1-2-4-6(5)8;6-5-4(7)2-1-3-8-5;/h1-13H;1-11H,(H,20,21);2-8H,1H3;1-4H,7-8H2;1-3H;1H4. The number of nitrogen functional groups attached to an aromatic ring is 2. The molecule has 0 saturated heterocycles. The van der Waals surface area contributed by atoms with Gasteiger partial charge in [-0.15, -0.1) is 34.0 Å². The van der Waals surface area contributed by atoms with Crippen LogP contribution in [0, 0.1) is 3.57 Å². The second-order valence-electron chi connectivity index (χ2n) is 18.9. The van der Waals surface area contributed by atoms with E-state index in [4.69, 9.17) is 42.8 Å². The monoisotopic (exact) mass is 1250 g/mol. The van der Waals surface area contributed by atoms with E-state index in [1.54, 1.807) is 25.4 Å². The van der Waals surface area contributed by atoms with E-state index in [-0.39, 0.29) is 7.43 Å². The van der Waals surface area contributed by atoms with Crippen molar-refractivity contribution in [3.8, 4) is 17.1 Å². The summed E-state index contributed by atoms with van der Waals surface area (Å²) in [6.07, 6.45) is 3.55. The molecule has 17 aromatic rings. The largest absolute Gasteiger partial charge is 0.497 e. The number of nitrogens with two attached hydrogens (primary N) is 2. The molecule has 8 aromatic heterocycles. The van der Waals surface area contributed by atoms with Crippen LogP contribution in [-0.4, -0.2) is 36.4 Å². The minimum absolute atomic E-state index is 0. The fourth-order valence-electron chi connectivity index (χ4n) is 10.1. The lowest BCUT2D eigenvalue weighted by molar-refractivity contribution is 0.415. The molecule has 14 heteroatoms. The van der Waals surface area contributed by atoms with Crippen LogP contribution in [0.2, 0.25) is 5.15 Å². The number of imidazole rings is 2. The van der Waals surface area contributed by atoms with Gasteiger partial charge in [-0.25, -0.2) is 15.0 Å². The first-order valence-electron chi connectivity index (χ1n) is 25.8. The first-order chi connectivity index (χ1) is 39.8. The zero-order chi connectivity index (χ0) is 55.0. The molecule has 0 fully saturated rings. The number of nitrogens with zero attached hydrogens (tertiary/aromatic N) is 5. The number of anilines is 2. The number of para-hydroxylation sites is 6. The van der Waals surface area contributed by atoms with Crippen LogP contribution in [0.15, 0.2) is 231 Å². The average Bonchev–Trinajstić information content (AvgIpc) is 3.03. The van der Waals surface area contributed by atoms with Crippen LogP contribution in [0.25, 0.3) is 121 Å². The molecule has 0 bridgehead atoms. The molecule has 0 aliphatic heterocycles. The van der Waals surface area contributed by atoms with E-state index in [1.165, 1.54) is 60.5 Å². The number of benzene rings is 9. The van der Waals surface area contributed by atoms with E-state index < -0.39 is 0 Å². The van der Waals surface area contributed by atoms with E-state index >= 15 is 0 Å². The summed E-state index contributed by atoms with van der Waals surface area (Å²) in [4.78, 5) is 21.7. The third-order valence-electron chi connectivity index (χ3n) is 13.9. The molecule has 0 aliphatic rings. The Labute approximate surface area is 502 Å². The summed E-state index contributed by atoms with van der Waals surface area (Å²) in [5.74, 6) is 1.86. The number of nitrogens with one attached hydrogen (secondary N) is 1. The minimum atomic E-state index is 0. The highest BCUT2D eigenvalue weighted by Crippen LogP contribution is 2.41. The summed E-state index contributed by atoms with van der Waals surface area (Å²) in [6.45, 7) is 0. The fraction of sp³-hybridized carbons (Fsp3) is 0.0294. The van der Waals surface area contributed by atoms with Gasteiger partial charge in [0.1, 0.15) is 22.4 Å². The number of fused-ring (bicyclic) bond motifs is 18. The van der Waals surface area contributed by atoms with E-state index in [0.29, 0.717) is 16.5 Å². The number of rotatable bonds is 2. The van der Waals surface area contributed by atoms with Crippen molar-refractivity contribution < 1.29 is 4.74 Å². The predicted molar refractivity (Wildman–Crippen MR) is 363 cm³/mol. The lowest BCUT2D eigenvalue weighted by Crippen LogP contribution is -1.93.